The lowest BCUT2D eigenvalue weighted by atomic mass is 10.1. The summed E-state index contributed by atoms with van der Waals surface area (Å²) in [7, 11) is 0. The number of aromatic amines is 1. The summed E-state index contributed by atoms with van der Waals surface area (Å²) in [6.07, 6.45) is 0. The average Bonchev–Trinajstić information content (AvgIpc) is 2.59. The number of amides is 1. The van der Waals surface area contributed by atoms with Gasteiger partial charge in [-0.25, -0.2) is 9.18 Å². The SMILES string of the molecule is C[C@H](NC(=O)Cn1c(=O)[nH]c(=O)c2ccccc21)c1ccccc1F. The van der Waals surface area contributed by atoms with E-state index in [2.05, 4.69) is 10.3 Å². The second-order valence-electron chi connectivity index (χ2n) is 5.67. The van der Waals surface area contributed by atoms with Gasteiger partial charge in [0, 0.05) is 5.56 Å². The number of nitrogens with one attached hydrogen (secondary N) is 2. The van der Waals surface area contributed by atoms with Gasteiger partial charge in [0.1, 0.15) is 12.4 Å². The van der Waals surface area contributed by atoms with Crippen LogP contribution in [0.2, 0.25) is 0 Å². The molecule has 0 aliphatic carbocycles. The number of hydrogen-bond donors (Lipinski definition) is 2. The summed E-state index contributed by atoms with van der Waals surface area (Å²) < 4.78 is 15.0. The fourth-order valence-corrected chi connectivity index (χ4v) is 2.73. The van der Waals surface area contributed by atoms with Gasteiger partial charge in [-0.2, -0.15) is 0 Å². The first-order chi connectivity index (χ1) is 12.0. The molecule has 0 spiro atoms. The van der Waals surface area contributed by atoms with E-state index in [0.29, 0.717) is 16.5 Å². The second-order valence-corrected chi connectivity index (χ2v) is 5.67. The molecular formula is C18H16FN3O3. The van der Waals surface area contributed by atoms with E-state index in [1.165, 1.54) is 10.6 Å². The maximum atomic E-state index is 13.8. The van der Waals surface area contributed by atoms with Crippen LogP contribution in [-0.4, -0.2) is 15.5 Å². The fraction of sp³-hybridized carbons (Fsp3) is 0.167. The van der Waals surface area contributed by atoms with Gasteiger partial charge < -0.3 is 5.32 Å². The van der Waals surface area contributed by atoms with Crippen LogP contribution in [0, 0.1) is 5.82 Å². The monoisotopic (exact) mass is 341 g/mol. The highest BCUT2D eigenvalue weighted by Gasteiger charge is 2.15. The van der Waals surface area contributed by atoms with Crippen molar-refractivity contribution in [3.63, 3.8) is 0 Å². The van der Waals surface area contributed by atoms with Crippen molar-refractivity contribution in [3.05, 3.63) is 80.7 Å². The van der Waals surface area contributed by atoms with E-state index in [9.17, 15) is 18.8 Å². The number of hydrogen-bond acceptors (Lipinski definition) is 3. The van der Waals surface area contributed by atoms with Crippen LogP contribution in [0.3, 0.4) is 0 Å². The van der Waals surface area contributed by atoms with Crippen molar-refractivity contribution in [1.82, 2.24) is 14.9 Å². The molecule has 0 fully saturated rings. The minimum atomic E-state index is -0.669. The number of halogens is 1. The Labute approximate surface area is 141 Å². The molecule has 1 atom stereocenters. The Kier molecular flexibility index (Phi) is 4.47. The predicted octanol–water partition coefficient (Wildman–Crippen LogP) is 1.71. The van der Waals surface area contributed by atoms with Crippen molar-refractivity contribution in [3.8, 4) is 0 Å². The predicted molar refractivity (Wildman–Crippen MR) is 91.8 cm³/mol. The molecule has 0 aliphatic rings. The molecule has 7 heteroatoms. The molecule has 0 aliphatic heterocycles. The highest BCUT2D eigenvalue weighted by atomic mass is 19.1. The molecule has 128 valence electrons. The topological polar surface area (TPSA) is 84.0 Å². The van der Waals surface area contributed by atoms with Crippen LogP contribution in [0.15, 0.2) is 58.1 Å². The van der Waals surface area contributed by atoms with Gasteiger partial charge in [-0.05, 0) is 25.1 Å². The van der Waals surface area contributed by atoms with Gasteiger partial charge in [0.05, 0.1) is 16.9 Å². The van der Waals surface area contributed by atoms with E-state index in [-0.39, 0.29) is 6.54 Å². The molecule has 0 saturated heterocycles. The third-order valence-electron chi connectivity index (χ3n) is 3.96. The molecule has 3 aromatic rings. The number of H-pyrrole nitrogens is 1. The van der Waals surface area contributed by atoms with Crippen molar-refractivity contribution < 1.29 is 9.18 Å². The van der Waals surface area contributed by atoms with Gasteiger partial charge >= 0.3 is 5.69 Å². The quantitative estimate of drug-likeness (QED) is 0.758. The number of rotatable bonds is 4. The number of benzene rings is 2. The molecule has 3 rings (SSSR count). The normalized spacial score (nSPS) is 12.1. The average molecular weight is 341 g/mol. The molecule has 2 aromatic carbocycles. The van der Waals surface area contributed by atoms with E-state index < -0.39 is 29.0 Å². The molecule has 1 amide bonds. The minimum absolute atomic E-state index is 0.283. The van der Waals surface area contributed by atoms with E-state index in [0.717, 1.165) is 0 Å². The van der Waals surface area contributed by atoms with Gasteiger partial charge in [0.15, 0.2) is 0 Å². The Morgan fingerprint density at radius 1 is 1.16 bits per heavy atom. The molecule has 6 nitrogen and oxygen atoms in total. The Hall–Kier alpha value is -3.22. The van der Waals surface area contributed by atoms with Crippen LogP contribution in [0.4, 0.5) is 4.39 Å². The van der Waals surface area contributed by atoms with Crippen molar-refractivity contribution in [1.29, 1.82) is 0 Å². The molecule has 0 saturated carbocycles. The number of aromatic nitrogens is 2. The Balaban J connectivity index is 1.87. The first-order valence-corrected chi connectivity index (χ1v) is 7.73. The Bertz CT molecular complexity index is 1060. The van der Waals surface area contributed by atoms with Crippen molar-refractivity contribution >= 4 is 16.8 Å². The van der Waals surface area contributed by atoms with Crippen LogP contribution in [0.1, 0.15) is 18.5 Å². The largest absolute Gasteiger partial charge is 0.348 e. The number of para-hydroxylation sites is 1. The standard InChI is InChI=1S/C18H16FN3O3/c1-11(12-6-2-4-8-14(12)19)20-16(23)10-22-15-9-5-3-7-13(15)17(24)21-18(22)25/h2-9,11H,10H2,1H3,(H,20,23)(H,21,24,25)/t11-/m0/s1. The Morgan fingerprint density at radius 2 is 1.84 bits per heavy atom. The maximum Gasteiger partial charge on any atom is 0.329 e. The van der Waals surface area contributed by atoms with E-state index in [1.54, 1.807) is 49.4 Å². The summed E-state index contributed by atoms with van der Waals surface area (Å²) in [4.78, 5) is 38.4. The first kappa shape index (κ1) is 16.6. The highest BCUT2D eigenvalue weighted by molar-refractivity contribution is 5.81. The van der Waals surface area contributed by atoms with Crippen LogP contribution in [0.5, 0.6) is 0 Å². The smallest absolute Gasteiger partial charge is 0.329 e. The molecule has 0 unspecified atom stereocenters. The molecular weight excluding hydrogens is 325 g/mol. The van der Waals surface area contributed by atoms with Crippen LogP contribution >= 0.6 is 0 Å². The lowest BCUT2D eigenvalue weighted by Gasteiger charge is -2.16. The maximum absolute atomic E-state index is 13.8. The third kappa shape index (κ3) is 3.35. The lowest BCUT2D eigenvalue weighted by Crippen LogP contribution is -2.37. The minimum Gasteiger partial charge on any atom is -0.348 e. The second kappa shape index (κ2) is 6.72. The summed E-state index contributed by atoms with van der Waals surface area (Å²) in [5.74, 6) is -0.878. The molecule has 2 N–H and O–H groups in total. The summed E-state index contributed by atoms with van der Waals surface area (Å²) >= 11 is 0. The zero-order chi connectivity index (χ0) is 18.0. The summed E-state index contributed by atoms with van der Waals surface area (Å²) in [6, 6.07) is 12.1. The zero-order valence-electron chi connectivity index (χ0n) is 13.5. The molecule has 0 bridgehead atoms. The zero-order valence-corrected chi connectivity index (χ0v) is 13.5. The van der Waals surface area contributed by atoms with Gasteiger partial charge in [0.2, 0.25) is 5.91 Å². The van der Waals surface area contributed by atoms with Crippen LogP contribution < -0.4 is 16.6 Å². The van der Waals surface area contributed by atoms with Gasteiger partial charge in [-0.1, -0.05) is 30.3 Å². The van der Waals surface area contributed by atoms with Gasteiger partial charge in [-0.3, -0.25) is 19.1 Å². The van der Waals surface area contributed by atoms with E-state index >= 15 is 0 Å². The third-order valence-corrected chi connectivity index (χ3v) is 3.96. The van der Waals surface area contributed by atoms with Crippen molar-refractivity contribution in [2.75, 3.05) is 0 Å². The van der Waals surface area contributed by atoms with Crippen LogP contribution in [-0.2, 0) is 11.3 Å². The summed E-state index contributed by atoms with van der Waals surface area (Å²) in [5, 5.41) is 2.98. The van der Waals surface area contributed by atoms with Crippen LogP contribution in [0.25, 0.3) is 10.9 Å². The number of carbonyl (C=O) groups is 1. The first-order valence-electron chi connectivity index (χ1n) is 7.73. The van der Waals surface area contributed by atoms with Gasteiger partial charge in [0.25, 0.3) is 5.56 Å². The summed E-state index contributed by atoms with van der Waals surface area (Å²) in [6.45, 7) is 1.37. The van der Waals surface area contributed by atoms with Crippen molar-refractivity contribution in [2.24, 2.45) is 0 Å². The molecule has 1 heterocycles. The Morgan fingerprint density at radius 3 is 2.60 bits per heavy atom. The fourth-order valence-electron chi connectivity index (χ4n) is 2.73. The van der Waals surface area contributed by atoms with E-state index in [4.69, 9.17) is 0 Å². The number of nitrogens with zero attached hydrogens (tertiary/aromatic N) is 1. The molecule has 1 aromatic heterocycles. The van der Waals surface area contributed by atoms with Crippen molar-refractivity contribution in [2.45, 2.75) is 19.5 Å². The highest BCUT2D eigenvalue weighted by Crippen LogP contribution is 2.16. The number of carbonyl (C=O) groups excluding carboxylic acids is 1. The molecule has 25 heavy (non-hydrogen) atoms. The number of fused-ring (bicyclic) bond motifs is 1. The molecule has 0 radical (unpaired) electrons. The summed E-state index contributed by atoms with van der Waals surface area (Å²) in [5.41, 5.74) is -0.450. The van der Waals surface area contributed by atoms with E-state index in [1.807, 2.05) is 0 Å². The van der Waals surface area contributed by atoms with Gasteiger partial charge in [-0.15, -0.1) is 0 Å². The lowest BCUT2D eigenvalue weighted by molar-refractivity contribution is -0.122.